The molecule has 0 saturated heterocycles. The minimum atomic E-state index is -0.308. The Morgan fingerprint density at radius 3 is 2.74 bits per heavy atom. The Hall–Kier alpha value is -3.72. The number of aryl methyl sites for hydroxylation is 1. The van der Waals surface area contributed by atoms with Gasteiger partial charge in [-0.25, -0.2) is 4.98 Å². The van der Waals surface area contributed by atoms with E-state index in [9.17, 15) is 9.59 Å². The molecule has 0 bridgehead atoms. The van der Waals surface area contributed by atoms with Crippen LogP contribution in [0.5, 0.6) is 5.75 Å². The van der Waals surface area contributed by atoms with Crippen molar-refractivity contribution in [3.8, 4) is 5.75 Å². The van der Waals surface area contributed by atoms with Crippen LogP contribution in [0.1, 0.15) is 47.5 Å². The average molecular weight is 495 g/mol. The predicted octanol–water partition coefficient (Wildman–Crippen LogP) is 3.92. The minimum Gasteiger partial charge on any atom is -0.496 e. The zero-order valence-corrected chi connectivity index (χ0v) is 21.0. The van der Waals surface area contributed by atoms with Crippen molar-refractivity contribution >= 4 is 46.7 Å². The highest BCUT2D eigenvalue weighted by atomic mass is 35.5. The Kier molecular flexibility index (Phi) is 6.62. The maximum Gasteiger partial charge on any atom is 0.260 e. The molecule has 0 aromatic carbocycles. The van der Waals surface area contributed by atoms with Crippen LogP contribution in [0.25, 0.3) is 11.6 Å². The average Bonchev–Trinajstić information content (AvgIpc) is 3.33. The molecule has 0 radical (unpaired) electrons. The van der Waals surface area contributed by atoms with Gasteiger partial charge in [-0.1, -0.05) is 25.4 Å². The van der Waals surface area contributed by atoms with E-state index in [-0.39, 0.29) is 35.3 Å². The number of pyridine rings is 1. The van der Waals surface area contributed by atoms with Crippen LogP contribution in [0.4, 0.5) is 11.8 Å². The smallest absolute Gasteiger partial charge is 0.260 e. The Bertz CT molecular complexity index is 1360. The van der Waals surface area contributed by atoms with Crippen molar-refractivity contribution < 1.29 is 14.3 Å². The molecule has 1 aliphatic rings. The fourth-order valence-corrected chi connectivity index (χ4v) is 4.35. The molecular formula is C25H27ClN6O3. The molecule has 10 heteroatoms. The summed E-state index contributed by atoms with van der Waals surface area (Å²) in [4.78, 5) is 43.2. The summed E-state index contributed by atoms with van der Waals surface area (Å²) in [6, 6.07) is 1.84. The standard InChI is InChI=1S/C25H27ClN6O3/c1-12(2)19(33)7-15-6-16(28-10-15)8-17-20-22(26)30-25(27)31-23(20)32(24(17)34)11-18-14(4)21(35-5)13(3)9-29-18/h6,8-10,12,28H,7,11H2,1-5H3,(H2,27,30,31)/b17-8-. The molecule has 0 aliphatic carbocycles. The zero-order valence-electron chi connectivity index (χ0n) is 20.3. The maximum absolute atomic E-state index is 13.6. The summed E-state index contributed by atoms with van der Waals surface area (Å²) in [5, 5.41) is 0.0857. The summed E-state index contributed by atoms with van der Waals surface area (Å²) in [6.07, 6.45) is 5.47. The molecule has 0 unspecified atom stereocenters. The number of ether oxygens (including phenoxy) is 1. The maximum atomic E-state index is 13.6. The number of methoxy groups -OCH3 is 1. The normalized spacial score (nSPS) is 14.2. The van der Waals surface area contributed by atoms with Crippen molar-refractivity contribution in [2.75, 3.05) is 17.7 Å². The van der Waals surface area contributed by atoms with Crippen LogP contribution >= 0.6 is 11.6 Å². The number of rotatable bonds is 7. The van der Waals surface area contributed by atoms with Crippen molar-refractivity contribution in [3.05, 3.63) is 57.3 Å². The number of nitrogen functional groups attached to an aromatic ring is 1. The first-order chi connectivity index (χ1) is 16.6. The van der Waals surface area contributed by atoms with Gasteiger partial charge in [0, 0.05) is 41.6 Å². The van der Waals surface area contributed by atoms with Gasteiger partial charge in [0.2, 0.25) is 5.95 Å². The number of carbonyl (C=O) groups excluding carboxylic acids is 2. The molecule has 9 nitrogen and oxygen atoms in total. The largest absolute Gasteiger partial charge is 0.496 e. The number of carbonyl (C=O) groups is 2. The minimum absolute atomic E-state index is 0.0340. The van der Waals surface area contributed by atoms with Gasteiger partial charge in [-0.3, -0.25) is 19.5 Å². The number of hydrogen-bond donors (Lipinski definition) is 2. The third kappa shape index (κ3) is 4.64. The van der Waals surface area contributed by atoms with E-state index in [2.05, 4.69) is 19.9 Å². The zero-order chi connectivity index (χ0) is 25.4. The predicted molar refractivity (Wildman–Crippen MR) is 135 cm³/mol. The number of Topliss-reactive ketones (excluding diaryl/α,β-unsaturated/α-hetero) is 1. The van der Waals surface area contributed by atoms with E-state index in [1.54, 1.807) is 25.6 Å². The fraction of sp³-hybridized carbons (Fsp3) is 0.320. The van der Waals surface area contributed by atoms with Crippen LogP contribution in [0.2, 0.25) is 5.15 Å². The first kappa shape index (κ1) is 24.4. The summed E-state index contributed by atoms with van der Waals surface area (Å²) in [6.45, 7) is 7.69. The Morgan fingerprint density at radius 2 is 2.06 bits per heavy atom. The van der Waals surface area contributed by atoms with E-state index >= 15 is 0 Å². The van der Waals surface area contributed by atoms with E-state index in [0.29, 0.717) is 40.5 Å². The molecule has 3 aromatic heterocycles. The summed E-state index contributed by atoms with van der Waals surface area (Å²) in [7, 11) is 1.60. The first-order valence-electron chi connectivity index (χ1n) is 11.2. The second-order valence-electron chi connectivity index (χ2n) is 8.83. The summed E-state index contributed by atoms with van der Waals surface area (Å²) >= 11 is 6.44. The topological polar surface area (TPSA) is 127 Å². The van der Waals surface area contributed by atoms with Gasteiger partial charge in [0.1, 0.15) is 16.7 Å². The van der Waals surface area contributed by atoms with Crippen LogP contribution < -0.4 is 15.4 Å². The SMILES string of the molecule is COc1c(C)cnc(CN2C(=O)/C(=C\c3cc(CC(=O)C(C)C)c[nH]3)c3c(Cl)nc(N)nc32)c1C. The number of nitrogens with zero attached hydrogens (tertiary/aromatic N) is 4. The summed E-state index contributed by atoms with van der Waals surface area (Å²) < 4.78 is 5.51. The molecule has 0 fully saturated rings. The molecule has 35 heavy (non-hydrogen) atoms. The lowest BCUT2D eigenvalue weighted by Crippen LogP contribution is -2.27. The molecule has 1 amide bonds. The Labute approximate surface area is 208 Å². The Morgan fingerprint density at radius 1 is 1.31 bits per heavy atom. The number of nitrogens with one attached hydrogen (secondary N) is 1. The second-order valence-corrected chi connectivity index (χ2v) is 9.19. The van der Waals surface area contributed by atoms with E-state index in [1.165, 1.54) is 4.90 Å². The van der Waals surface area contributed by atoms with Crippen molar-refractivity contribution in [2.24, 2.45) is 5.92 Å². The van der Waals surface area contributed by atoms with Crippen LogP contribution in [-0.2, 0) is 22.6 Å². The number of H-pyrrole nitrogens is 1. The van der Waals surface area contributed by atoms with Crippen molar-refractivity contribution in [2.45, 2.75) is 40.7 Å². The van der Waals surface area contributed by atoms with Crippen molar-refractivity contribution in [1.29, 1.82) is 0 Å². The number of aromatic amines is 1. The Balaban J connectivity index is 1.74. The first-order valence-corrected chi connectivity index (χ1v) is 11.5. The number of aromatic nitrogens is 4. The number of hydrogen-bond acceptors (Lipinski definition) is 7. The van der Waals surface area contributed by atoms with E-state index in [0.717, 1.165) is 16.7 Å². The van der Waals surface area contributed by atoms with Gasteiger partial charge < -0.3 is 15.5 Å². The van der Waals surface area contributed by atoms with Gasteiger partial charge in [-0.15, -0.1) is 0 Å². The molecule has 4 rings (SSSR count). The highest BCUT2D eigenvalue weighted by molar-refractivity contribution is 6.41. The summed E-state index contributed by atoms with van der Waals surface area (Å²) in [5.74, 6) is 0.779. The second kappa shape index (κ2) is 9.50. The quantitative estimate of drug-likeness (QED) is 0.376. The van der Waals surface area contributed by atoms with Gasteiger partial charge >= 0.3 is 0 Å². The van der Waals surface area contributed by atoms with Gasteiger partial charge in [0.05, 0.1) is 30.5 Å². The third-order valence-electron chi connectivity index (χ3n) is 6.01. The molecule has 182 valence electrons. The number of nitrogens with two attached hydrogens (primary N) is 1. The van der Waals surface area contributed by atoms with Crippen LogP contribution in [0.3, 0.4) is 0 Å². The van der Waals surface area contributed by atoms with Crippen LogP contribution in [0, 0.1) is 19.8 Å². The molecule has 3 N–H and O–H groups in total. The third-order valence-corrected chi connectivity index (χ3v) is 6.28. The summed E-state index contributed by atoms with van der Waals surface area (Å²) in [5.41, 5.74) is 10.5. The number of ketones is 1. The number of anilines is 2. The lowest BCUT2D eigenvalue weighted by molar-refractivity contribution is -0.121. The van der Waals surface area contributed by atoms with Gasteiger partial charge in [0.15, 0.2) is 5.82 Å². The molecule has 0 atom stereocenters. The monoisotopic (exact) mass is 494 g/mol. The van der Waals surface area contributed by atoms with Crippen LogP contribution in [-0.4, -0.2) is 38.7 Å². The molecule has 1 aliphatic heterocycles. The number of amides is 1. The highest BCUT2D eigenvalue weighted by Crippen LogP contribution is 2.41. The van der Waals surface area contributed by atoms with Gasteiger partial charge in [0.25, 0.3) is 5.91 Å². The number of halogens is 1. The van der Waals surface area contributed by atoms with Crippen LogP contribution in [0.15, 0.2) is 18.5 Å². The van der Waals surface area contributed by atoms with E-state index in [4.69, 9.17) is 22.1 Å². The van der Waals surface area contributed by atoms with Gasteiger partial charge in [-0.05, 0) is 31.6 Å². The lowest BCUT2D eigenvalue weighted by atomic mass is 10.0. The molecule has 0 saturated carbocycles. The molecule has 3 aromatic rings. The highest BCUT2D eigenvalue weighted by Gasteiger charge is 2.37. The lowest BCUT2D eigenvalue weighted by Gasteiger charge is -2.19. The van der Waals surface area contributed by atoms with Crippen molar-refractivity contribution in [1.82, 2.24) is 19.9 Å². The van der Waals surface area contributed by atoms with E-state index < -0.39 is 0 Å². The molecular weight excluding hydrogens is 468 g/mol. The van der Waals surface area contributed by atoms with E-state index in [1.807, 2.05) is 33.8 Å². The van der Waals surface area contributed by atoms with Crippen molar-refractivity contribution in [3.63, 3.8) is 0 Å². The van der Waals surface area contributed by atoms with Gasteiger partial charge in [-0.2, -0.15) is 4.98 Å². The molecule has 4 heterocycles. The number of fused-ring (bicyclic) bond motifs is 1. The fourth-order valence-electron chi connectivity index (χ4n) is 4.08. The molecule has 0 spiro atoms.